The first-order valence-corrected chi connectivity index (χ1v) is 7.60. The molecule has 7 nitrogen and oxygen atoms in total. The van der Waals surface area contributed by atoms with Gasteiger partial charge in [-0.3, -0.25) is 15.1 Å². The molecule has 0 radical (unpaired) electrons. The molecule has 1 atom stereocenters. The average Bonchev–Trinajstić information content (AvgIpc) is 3.22. The van der Waals surface area contributed by atoms with Gasteiger partial charge in [-0.05, 0) is 24.3 Å². The molecule has 25 heavy (non-hydrogen) atoms. The lowest BCUT2D eigenvalue weighted by Crippen LogP contribution is -2.30. The molecule has 3 rings (SSSR count). The number of amides is 1. The Bertz CT molecular complexity index is 844. The fraction of sp³-hybridized carbons (Fsp3) is 0.176. The Balaban J connectivity index is 1.77. The topological polar surface area (TPSA) is 87.9 Å². The number of benzene rings is 1. The quantitative estimate of drug-likeness (QED) is 0.438. The zero-order chi connectivity index (χ0) is 17.8. The smallest absolute Gasteiger partial charge is 0.216 e. The molecule has 1 aromatic carbocycles. The van der Waals surface area contributed by atoms with E-state index in [-0.39, 0.29) is 12.0 Å². The molecule has 1 amide bonds. The van der Waals surface area contributed by atoms with Crippen molar-refractivity contribution in [3.8, 4) is 5.69 Å². The van der Waals surface area contributed by atoms with Crippen molar-refractivity contribution in [3.05, 3.63) is 59.7 Å². The van der Waals surface area contributed by atoms with Crippen molar-refractivity contribution in [2.24, 2.45) is 5.16 Å². The van der Waals surface area contributed by atoms with Crippen molar-refractivity contribution in [3.63, 3.8) is 0 Å². The van der Waals surface area contributed by atoms with Crippen molar-refractivity contribution >= 4 is 17.8 Å². The molecule has 1 aromatic heterocycles. The van der Waals surface area contributed by atoms with Crippen LogP contribution in [0.5, 0.6) is 0 Å². The van der Waals surface area contributed by atoms with Crippen LogP contribution < -0.4 is 10.8 Å². The van der Waals surface area contributed by atoms with Gasteiger partial charge in [-0.25, -0.2) is 4.39 Å². The van der Waals surface area contributed by atoms with Gasteiger partial charge in [0.05, 0.1) is 24.1 Å². The summed E-state index contributed by atoms with van der Waals surface area (Å²) in [5.74, 6) is -0.549. The summed E-state index contributed by atoms with van der Waals surface area (Å²) >= 11 is 0. The number of nitrogens with zero attached hydrogens (tertiary/aromatic N) is 2. The number of nitrogens with one attached hydrogen (secondary N) is 2. The molecule has 0 spiro atoms. The van der Waals surface area contributed by atoms with Gasteiger partial charge in [-0.15, -0.1) is 0 Å². The van der Waals surface area contributed by atoms with Crippen molar-refractivity contribution in [2.75, 3.05) is 6.54 Å². The summed E-state index contributed by atoms with van der Waals surface area (Å²) in [7, 11) is 0. The number of carbonyl (C=O) groups excluding carboxylic acids is 1. The first kappa shape index (κ1) is 16.7. The molecule has 1 aliphatic heterocycles. The van der Waals surface area contributed by atoms with Crippen molar-refractivity contribution in [1.29, 1.82) is 0 Å². The van der Waals surface area contributed by atoms with Crippen LogP contribution in [0.2, 0.25) is 0 Å². The van der Waals surface area contributed by atoms with Crippen LogP contribution in [0, 0.1) is 5.82 Å². The van der Waals surface area contributed by atoms with E-state index in [1.807, 2.05) is 0 Å². The molecule has 0 bridgehead atoms. The summed E-state index contributed by atoms with van der Waals surface area (Å²) in [6, 6.07) is 6.52. The first-order chi connectivity index (χ1) is 12.1. The van der Waals surface area contributed by atoms with Gasteiger partial charge in [0, 0.05) is 30.4 Å². The van der Waals surface area contributed by atoms with E-state index in [1.54, 1.807) is 41.2 Å². The van der Waals surface area contributed by atoms with E-state index in [9.17, 15) is 9.18 Å². The monoisotopic (exact) mass is 344 g/mol. The third-order valence-electron chi connectivity index (χ3n) is 3.68. The number of rotatable bonds is 5. The number of hydrogen-bond donors (Lipinski definition) is 3. The highest BCUT2D eigenvalue weighted by Crippen LogP contribution is 2.23. The molecule has 1 aliphatic rings. The summed E-state index contributed by atoms with van der Waals surface area (Å²) in [6.45, 7) is 1.77. The number of hydroxylamine groups is 1. The van der Waals surface area contributed by atoms with Crippen LogP contribution in [-0.2, 0) is 9.63 Å². The number of halogens is 1. The standard InChI is InChI=1S/C17H17FN4O3/c1-11(23)19-9-14-7-16(21-25-14)13-2-3-17(15(18)6-13)22-5-4-12(10-22)8-20-24/h2-8,10,14,21,24H,9H2,1H3,(H,19,23). The molecule has 2 aromatic rings. The zero-order valence-electron chi connectivity index (χ0n) is 13.4. The van der Waals surface area contributed by atoms with E-state index < -0.39 is 5.82 Å². The second-order valence-corrected chi connectivity index (χ2v) is 5.54. The highest BCUT2D eigenvalue weighted by molar-refractivity contribution is 5.79. The Morgan fingerprint density at radius 3 is 3.08 bits per heavy atom. The van der Waals surface area contributed by atoms with Gasteiger partial charge in [0.15, 0.2) is 0 Å². The van der Waals surface area contributed by atoms with Gasteiger partial charge in [-0.2, -0.15) is 0 Å². The Kier molecular flexibility index (Phi) is 4.80. The Morgan fingerprint density at radius 2 is 2.36 bits per heavy atom. The second kappa shape index (κ2) is 7.18. The summed E-state index contributed by atoms with van der Waals surface area (Å²) < 4.78 is 16.1. The lowest BCUT2D eigenvalue weighted by atomic mass is 10.1. The maximum absolute atomic E-state index is 14.5. The number of carbonyl (C=O) groups is 1. The molecule has 0 aliphatic carbocycles. The van der Waals surface area contributed by atoms with E-state index in [1.165, 1.54) is 19.2 Å². The molecule has 3 N–H and O–H groups in total. The number of hydrogen-bond acceptors (Lipinski definition) is 5. The summed E-state index contributed by atoms with van der Waals surface area (Å²) in [5.41, 5.74) is 5.04. The molecular weight excluding hydrogens is 327 g/mol. The lowest BCUT2D eigenvalue weighted by Gasteiger charge is -2.09. The third kappa shape index (κ3) is 3.86. The largest absolute Gasteiger partial charge is 0.411 e. The molecule has 1 unspecified atom stereocenters. The van der Waals surface area contributed by atoms with Crippen LogP contribution in [0.1, 0.15) is 18.1 Å². The number of aromatic nitrogens is 1. The van der Waals surface area contributed by atoms with Crippen LogP contribution in [0.25, 0.3) is 11.4 Å². The third-order valence-corrected chi connectivity index (χ3v) is 3.68. The van der Waals surface area contributed by atoms with Crippen LogP contribution in [0.3, 0.4) is 0 Å². The minimum Gasteiger partial charge on any atom is -0.411 e. The lowest BCUT2D eigenvalue weighted by molar-refractivity contribution is -0.119. The maximum atomic E-state index is 14.5. The summed E-state index contributed by atoms with van der Waals surface area (Å²) in [4.78, 5) is 16.3. The molecular formula is C17H17FN4O3. The first-order valence-electron chi connectivity index (χ1n) is 7.60. The van der Waals surface area contributed by atoms with Crippen LogP contribution in [0.4, 0.5) is 4.39 Å². The van der Waals surface area contributed by atoms with Crippen molar-refractivity contribution < 1.29 is 19.2 Å². The Hall–Kier alpha value is -3.13. The Labute approximate surface area is 143 Å². The predicted octanol–water partition coefficient (Wildman–Crippen LogP) is 1.80. The highest BCUT2D eigenvalue weighted by atomic mass is 19.1. The molecule has 0 fully saturated rings. The minimum absolute atomic E-state index is 0.141. The van der Waals surface area contributed by atoms with Gasteiger partial charge in [0.1, 0.15) is 11.9 Å². The van der Waals surface area contributed by atoms with Crippen LogP contribution in [0.15, 0.2) is 47.9 Å². The molecule has 8 heteroatoms. The van der Waals surface area contributed by atoms with Gasteiger partial charge < -0.3 is 15.1 Å². The fourth-order valence-corrected chi connectivity index (χ4v) is 2.48. The molecule has 130 valence electrons. The highest BCUT2D eigenvalue weighted by Gasteiger charge is 2.18. The summed E-state index contributed by atoms with van der Waals surface area (Å²) in [6.07, 6.45) is 6.07. The van der Waals surface area contributed by atoms with E-state index >= 15 is 0 Å². The van der Waals surface area contributed by atoms with Gasteiger partial charge in [0.25, 0.3) is 0 Å². The van der Waals surface area contributed by atoms with Gasteiger partial charge in [-0.1, -0.05) is 11.2 Å². The van der Waals surface area contributed by atoms with E-state index in [0.717, 1.165) is 0 Å². The molecule has 0 saturated carbocycles. The van der Waals surface area contributed by atoms with Crippen LogP contribution in [-0.4, -0.2) is 34.5 Å². The van der Waals surface area contributed by atoms with E-state index in [2.05, 4.69) is 16.0 Å². The molecule has 2 heterocycles. The van der Waals surface area contributed by atoms with Crippen molar-refractivity contribution in [1.82, 2.24) is 15.4 Å². The SMILES string of the molecule is CC(=O)NCC1C=C(c2ccc(-n3ccc(C=NO)c3)c(F)c2)NO1. The second-order valence-electron chi connectivity index (χ2n) is 5.54. The van der Waals surface area contributed by atoms with Crippen LogP contribution >= 0.6 is 0 Å². The zero-order valence-corrected chi connectivity index (χ0v) is 13.4. The Morgan fingerprint density at radius 1 is 1.52 bits per heavy atom. The van der Waals surface area contributed by atoms with E-state index in [4.69, 9.17) is 10.0 Å². The maximum Gasteiger partial charge on any atom is 0.216 e. The fourth-order valence-electron chi connectivity index (χ4n) is 2.48. The van der Waals surface area contributed by atoms with E-state index in [0.29, 0.717) is 29.1 Å². The van der Waals surface area contributed by atoms with Gasteiger partial charge >= 0.3 is 0 Å². The number of oxime groups is 1. The van der Waals surface area contributed by atoms with Gasteiger partial charge in [0.2, 0.25) is 5.91 Å². The molecule has 0 saturated heterocycles. The normalized spacial score (nSPS) is 16.7. The average molecular weight is 344 g/mol. The predicted molar refractivity (Wildman–Crippen MR) is 89.8 cm³/mol. The van der Waals surface area contributed by atoms with Crippen molar-refractivity contribution in [2.45, 2.75) is 13.0 Å². The summed E-state index contributed by atoms with van der Waals surface area (Å²) in [5, 5.41) is 14.1. The minimum atomic E-state index is -0.409.